The fraction of sp³-hybridized carbons (Fsp3) is 0. The number of carbonyl (C=O) groups is 1. The molecular weight excluding hydrogens is 307 g/mol. The minimum absolute atomic E-state index is 0.875. The van der Waals surface area contributed by atoms with Crippen molar-refractivity contribution >= 4 is 29.6 Å². The monoisotopic (exact) mass is 323 g/mol. The third-order valence-electron chi connectivity index (χ3n) is 3.57. The first-order chi connectivity index (χ1) is 11.2. The summed E-state index contributed by atoms with van der Waals surface area (Å²) in [5.74, 6) is 0. The lowest BCUT2D eigenvalue weighted by molar-refractivity contribution is 0.150. The van der Waals surface area contributed by atoms with Gasteiger partial charge < -0.3 is 5.11 Å². The zero-order valence-corrected chi connectivity index (χ0v) is 13.3. The predicted molar refractivity (Wildman–Crippen MR) is 94.3 cm³/mol. The van der Waals surface area contributed by atoms with E-state index in [2.05, 4.69) is 0 Å². The van der Waals surface area contributed by atoms with Crippen LogP contribution in [0.1, 0.15) is 0 Å². The van der Waals surface area contributed by atoms with Gasteiger partial charge in [0.05, 0.1) is 0 Å². The largest absolute Gasteiger partial charge is 0.544 e. The summed E-state index contributed by atoms with van der Waals surface area (Å²) in [6.45, 7) is 0. The molecule has 0 bridgehead atoms. The van der Waals surface area contributed by atoms with E-state index in [0.29, 0.717) is 0 Å². The minimum atomic E-state index is -2.71. The van der Waals surface area contributed by atoms with Crippen molar-refractivity contribution in [3.05, 3.63) is 91.0 Å². The van der Waals surface area contributed by atoms with Gasteiger partial charge >= 0.3 is 6.16 Å². The highest BCUT2D eigenvalue weighted by Gasteiger charge is 2.51. The average molecular weight is 323 g/mol. The Morgan fingerprint density at radius 1 is 0.652 bits per heavy atom. The maximum Gasteiger partial charge on any atom is 0.544 e. The molecular formula is C19H16O3P+. The van der Waals surface area contributed by atoms with Crippen LogP contribution in [0.2, 0.25) is 0 Å². The quantitative estimate of drug-likeness (QED) is 0.746. The third-order valence-corrected chi connectivity index (χ3v) is 7.08. The van der Waals surface area contributed by atoms with Gasteiger partial charge in [0, 0.05) is 0 Å². The first-order valence-corrected chi connectivity index (χ1v) is 8.92. The van der Waals surface area contributed by atoms with Crippen LogP contribution >= 0.6 is 7.49 Å². The first kappa shape index (κ1) is 15.3. The van der Waals surface area contributed by atoms with Crippen LogP contribution in [0.5, 0.6) is 0 Å². The van der Waals surface area contributed by atoms with Crippen molar-refractivity contribution in [1.29, 1.82) is 0 Å². The van der Waals surface area contributed by atoms with Crippen LogP contribution in [0.3, 0.4) is 0 Å². The second-order valence-corrected chi connectivity index (χ2v) is 7.92. The third kappa shape index (κ3) is 2.96. The van der Waals surface area contributed by atoms with Gasteiger partial charge in [-0.3, -0.25) is 4.52 Å². The van der Waals surface area contributed by atoms with Crippen molar-refractivity contribution in [3.8, 4) is 0 Å². The summed E-state index contributed by atoms with van der Waals surface area (Å²) in [6, 6.07) is 28.7. The summed E-state index contributed by atoms with van der Waals surface area (Å²) in [5.41, 5.74) is 0. The molecule has 23 heavy (non-hydrogen) atoms. The second-order valence-electron chi connectivity index (χ2n) is 4.97. The van der Waals surface area contributed by atoms with E-state index in [9.17, 15) is 9.90 Å². The standard InChI is InChI=1S/C19H15O3P/c20-19(21)22-23(16-10-4-1-5-11-16,17-12-6-2-7-13-17)18-14-8-3-9-15-18/h1-15H/p+1. The molecule has 0 fully saturated rings. The molecule has 0 saturated heterocycles. The van der Waals surface area contributed by atoms with Crippen molar-refractivity contribution in [3.63, 3.8) is 0 Å². The number of rotatable bonds is 4. The van der Waals surface area contributed by atoms with Gasteiger partial charge in [-0.25, -0.2) is 4.79 Å². The maximum atomic E-state index is 11.5. The molecule has 0 radical (unpaired) electrons. The molecule has 0 heterocycles. The lowest BCUT2D eigenvalue weighted by atomic mass is 10.4. The summed E-state index contributed by atoms with van der Waals surface area (Å²) in [5, 5.41) is 12.1. The van der Waals surface area contributed by atoms with Gasteiger partial charge in [-0.1, -0.05) is 54.6 Å². The molecule has 0 aromatic heterocycles. The molecule has 0 saturated carbocycles. The zero-order valence-electron chi connectivity index (χ0n) is 12.4. The van der Waals surface area contributed by atoms with E-state index < -0.39 is 13.6 Å². The molecule has 114 valence electrons. The summed E-state index contributed by atoms with van der Waals surface area (Å²) >= 11 is 0. The molecule has 0 aliphatic rings. The molecule has 3 nitrogen and oxygen atoms in total. The number of hydrogen-bond donors (Lipinski definition) is 1. The van der Waals surface area contributed by atoms with E-state index in [-0.39, 0.29) is 0 Å². The second kappa shape index (κ2) is 6.64. The minimum Gasteiger partial charge on any atom is -0.447 e. The van der Waals surface area contributed by atoms with Crippen molar-refractivity contribution in [2.75, 3.05) is 0 Å². The van der Waals surface area contributed by atoms with Gasteiger partial charge in [-0.05, 0) is 36.4 Å². The highest BCUT2D eigenvalue weighted by molar-refractivity contribution is 7.92. The van der Waals surface area contributed by atoms with Crippen LogP contribution in [-0.4, -0.2) is 11.3 Å². The average Bonchev–Trinajstić information content (AvgIpc) is 2.62. The van der Waals surface area contributed by atoms with Gasteiger partial charge in [-0.15, -0.1) is 0 Å². The van der Waals surface area contributed by atoms with Crippen molar-refractivity contribution in [2.24, 2.45) is 0 Å². The van der Waals surface area contributed by atoms with Crippen molar-refractivity contribution < 1.29 is 14.4 Å². The van der Waals surface area contributed by atoms with Gasteiger partial charge in [0.2, 0.25) is 0 Å². The van der Waals surface area contributed by atoms with Crippen molar-refractivity contribution in [2.45, 2.75) is 0 Å². The lowest BCUT2D eigenvalue weighted by Gasteiger charge is -2.23. The van der Waals surface area contributed by atoms with Crippen LogP contribution in [0.15, 0.2) is 91.0 Å². The topological polar surface area (TPSA) is 46.5 Å². The molecule has 3 aromatic rings. The fourth-order valence-corrected chi connectivity index (χ4v) is 5.86. The molecule has 0 aliphatic heterocycles. The van der Waals surface area contributed by atoms with E-state index in [1.54, 1.807) is 0 Å². The Morgan fingerprint density at radius 3 is 1.22 bits per heavy atom. The fourth-order valence-electron chi connectivity index (χ4n) is 2.64. The molecule has 0 unspecified atom stereocenters. The van der Waals surface area contributed by atoms with Crippen LogP contribution in [-0.2, 0) is 4.52 Å². The highest BCUT2D eigenvalue weighted by Crippen LogP contribution is 2.56. The Kier molecular flexibility index (Phi) is 4.40. The smallest absolute Gasteiger partial charge is 0.447 e. The van der Waals surface area contributed by atoms with E-state index in [1.165, 1.54) is 0 Å². The molecule has 0 atom stereocenters. The van der Waals surface area contributed by atoms with Crippen LogP contribution in [0, 0.1) is 0 Å². The van der Waals surface area contributed by atoms with E-state index in [4.69, 9.17) is 4.52 Å². The maximum absolute atomic E-state index is 11.5. The van der Waals surface area contributed by atoms with Crippen LogP contribution in [0.4, 0.5) is 4.79 Å². The molecule has 1 N–H and O–H groups in total. The number of carboxylic acid groups (broad SMARTS) is 1. The Labute approximate surface area is 135 Å². The normalized spacial score (nSPS) is 11.0. The summed E-state index contributed by atoms with van der Waals surface area (Å²) < 4.78 is 5.62. The first-order valence-electron chi connectivity index (χ1n) is 7.22. The highest BCUT2D eigenvalue weighted by atomic mass is 31.2. The van der Waals surface area contributed by atoms with Crippen LogP contribution < -0.4 is 15.9 Å². The zero-order chi connectivity index (χ0) is 16.1. The lowest BCUT2D eigenvalue weighted by Crippen LogP contribution is -2.34. The summed E-state index contributed by atoms with van der Waals surface area (Å²) in [6.07, 6.45) is -1.27. The van der Waals surface area contributed by atoms with E-state index in [0.717, 1.165) is 15.9 Å². The molecule has 3 rings (SSSR count). The number of hydrogen-bond acceptors (Lipinski definition) is 2. The summed E-state index contributed by atoms with van der Waals surface area (Å²) in [7, 11) is -2.71. The number of benzene rings is 3. The summed E-state index contributed by atoms with van der Waals surface area (Å²) in [4.78, 5) is 11.5. The molecule has 0 amide bonds. The Morgan fingerprint density at radius 2 is 0.957 bits per heavy atom. The van der Waals surface area contributed by atoms with E-state index >= 15 is 0 Å². The Balaban J connectivity index is 2.32. The van der Waals surface area contributed by atoms with Gasteiger partial charge in [0.15, 0.2) is 0 Å². The molecule has 0 spiro atoms. The van der Waals surface area contributed by atoms with Crippen LogP contribution in [0.25, 0.3) is 0 Å². The van der Waals surface area contributed by atoms with Gasteiger partial charge in [0.25, 0.3) is 7.49 Å². The predicted octanol–water partition coefficient (Wildman–Crippen LogP) is 3.59. The molecule has 4 heteroatoms. The van der Waals surface area contributed by atoms with Gasteiger partial charge in [-0.2, -0.15) is 0 Å². The SMILES string of the molecule is O=C(O)O[P+](c1ccccc1)(c1ccccc1)c1ccccc1. The van der Waals surface area contributed by atoms with Crippen molar-refractivity contribution in [1.82, 2.24) is 0 Å². The van der Waals surface area contributed by atoms with Gasteiger partial charge in [0.1, 0.15) is 15.9 Å². The van der Waals surface area contributed by atoms with E-state index in [1.807, 2.05) is 91.0 Å². The molecule has 0 aliphatic carbocycles. The molecule has 3 aromatic carbocycles. The Bertz CT molecular complexity index is 677. The Hall–Kier alpha value is -2.64.